The number of fused-ring (bicyclic) bond motifs is 1. The number of halogens is 3. The van der Waals surface area contributed by atoms with Gasteiger partial charge in [0.2, 0.25) is 0 Å². The first-order valence-corrected chi connectivity index (χ1v) is 10.8. The Labute approximate surface area is 201 Å². The van der Waals surface area contributed by atoms with Gasteiger partial charge in [-0.1, -0.05) is 12.1 Å². The summed E-state index contributed by atoms with van der Waals surface area (Å²) in [6.45, 7) is 1.69. The van der Waals surface area contributed by atoms with Crippen molar-refractivity contribution in [1.29, 1.82) is 0 Å². The fourth-order valence-electron chi connectivity index (χ4n) is 3.73. The van der Waals surface area contributed by atoms with Gasteiger partial charge in [0, 0.05) is 38.7 Å². The number of aryl methyl sites for hydroxylation is 2. The molecule has 0 bridgehead atoms. The quantitative estimate of drug-likeness (QED) is 0.392. The lowest BCUT2D eigenvalue weighted by Crippen LogP contribution is -2.39. The average molecular weight is 505 g/mol. The van der Waals surface area contributed by atoms with E-state index in [1.54, 1.807) is 12.4 Å². The number of hydrogen-bond donors (Lipinski definition) is 1. The molecule has 0 atom stereocenters. The van der Waals surface area contributed by atoms with Crippen molar-refractivity contribution in [2.45, 2.75) is 32.8 Å². The van der Waals surface area contributed by atoms with Crippen molar-refractivity contribution >= 4 is 11.2 Å². The number of rotatable bonds is 8. The van der Waals surface area contributed by atoms with Gasteiger partial charge in [-0.3, -0.25) is 23.5 Å². The molecule has 0 aliphatic heterocycles. The van der Waals surface area contributed by atoms with Crippen LogP contribution in [0.2, 0.25) is 0 Å². The van der Waals surface area contributed by atoms with E-state index in [1.807, 2.05) is 13.0 Å². The molecule has 10 nitrogen and oxygen atoms in total. The van der Waals surface area contributed by atoms with Crippen LogP contribution in [0.1, 0.15) is 17.5 Å². The molecule has 190 valence electrons. The van der Waals surface area contributed by atoms with Crippen LogP contribution in [0.5, 0.6) is 17.5 Å². The van der Waals surface area contributed by atoms with Crippen molar-refractivity contribution < 1.29 is 27.8 Å². The first-order valence-electron chi connectivity index (χ1n) is 10.8. The van der Waals surface area contributed by atoms with E-state index in [0.29, 0.717) is 5.56 Å². The number of ether oxygens (including phenoxy) is 2. The molecule has 13 heteroatoms. The van der Waals surface area contributed by atoms with Gasteiger partial charge in [-0.15, -0.1) is 13.2 Å². The van der Waals surface area contributed by atoms with Crippen molar-refractivity contribution in [3.05, 3.63) is 74.7 Å². The highest BCUT2D eigenvalue weighted by Gasteiger charge is 2.31. The van der Waals surface area contributed by atoms with Crippen molar-refractivity contribution in [3.63, 3.8) is 0 Å². The predicted molar refractivity (Wildman–Crippen MR) is 122 cm³/mol. The number of aromatic nitrogens is 5. The molecular weight excluding hydrogens is 483 g/mol. The third kappa shape index (κ3) is 5.25. The molecule has 0 aliphatic carbocycles. The van der Waals surface area contributed by atoms with E-state index < -0.39 is 23.4 Å². The Morgan fingerprint density at radius 1 is 1.08 bits per heavy atom. The first-order chi connectivity index (χ1) is 17.1. The van der Waals surface area contributed by atoms with Gasteiger partial charge < -0.3 is 14.6 Å². The van der Waals surface area contributed by atoms with Crippen molar-refractivity contribution in [3.8, 4) is 17.5 Å². The standard InChI is InChI=1S/C23H22F3N5O5/c1-14-9-15(12-27-11-14)13-31-18-19(29(2)22(34)30(20(18)33)7-4-8-32)28-21(31)35-16-5-3-6-17(10-16)36-23(24,25)26/h3,5-6,9-12,32H,4,7-8,13H2,1-2H3. The average Bonchev–Trinajstić information content (AvgIpc) is 3.15. The molecule has 4 rings (SSSR count). The van der Waals surface area contributed by atoms with Gasteiger partial charge in [0.1, 0.15) is 11.5 Å². The summed E-state index contributed by atoms with van der Waals surface area (Å²) in [7, 11) is 1.44. The van der Waals surface area contributed by atoms with E-state index in [4.69, 9.17) is 4.74 Å². The Morgan fingerprint density at radius 2 is 1.83 bits per heavy atom. The van der Waals surface area contributed by atoms with Crippen LogP contribution < -0.4 is 20.7 Å². The van der Waals surface area contributed by atoms with Gasteiger partial charge in [0.25, 0.3) is 5.56 Å². The zero-order valence-corrected chi connectivity index (χ0v) is 19.3. The monoisotopic (exact) mass is 505 g/mol. The maximum absolute atomic E-state index is 13.4. The zero-order chi connectivity index (χ0) is 26.0. The largest absolute Gasteiger partial charge is 0.573 e. The SMILES string of the molecule is Cc1cncc(Cn2c(Oc3cccc(OC(F)(F)F)c3)nc3c2c(=O)n(CCCO)c(=O)n3C)c1. The topological polar surface area (TPSA) is 113 Å². The molecule has 0 radical (unpaired) electrons. The van der Waals surface area contributed by atoms with Gasteiger partial charge in [0.05, 0.1) is 6.54 Å². The van der Waals surface area contributed by atoms with E-state index >= 15 is 0 Å². The summed E-state index contributed by atoms with van der Waals surface area (Å²) in [5, 5.41) is 9.18. The third-order valence-corrected chi connectivity index (χ3v) is 5.26. The molecule has 0 spiro atoms. The first kappa shape index (κ1) is 25.0. The van der Waals surface area contributed by atoms with Crippen LogP contribution in [0.4, 0.5) is 13.2 Å². The number of aliphatic hydroxyl groups is 1. The fourth-order valence-corrected chi connectivity index (χ4v) is 3.73. The van der Waals surface area contributed by atoms with E-state index in [2.05, 4.69) is 14.7 Å². The molecule has 1 aromatic carbocycles. The maximum atomic E-state index is 13.4. The summed E-state index contributed by atoms with van der Waals surface area (Å²) in [6, 6.07) is 6.58. The summed E-state index contributed by atoms with van der Waals surface area (Å²) in [6.07, 6.45) is -1.45. The molecule has 0 saturated carbocycles. The van der Waals surface area contributed by atoms with E-state index in [1.165, 1.54) is 28.3 Å². The fraction of sp³-hybridized carbons (Fsp3) is 0.304. The molecule has 3 heterocycles. The van der Waals surface area contributed by atoms with Crippen molar-refractivity contribution in [1.82, 2.24) is 23.7 Å². The van der Waals surface area contributed by atoms with Crippen LogP contribution >= 0.6 is 0 Å². The Kier molecular flexibility index (Phi) is 6.84. The molecule has 0 amide bonds. The van der Waals surface area contributed by atoms with Crippen LogP contribution in [0.3, 0.4) is 0 Å². The number of pyridine rings is 1. The lowest BCUT2D eigenvalue weighted by molar-refractivity contribution is -0.274. The van der Waals surface area contributed by atoms with Crippen LogP contribution in [-0.2, 0) is 20.1 Å². The van der Waals surface area contributed by atoms with Gasteiger partial charge >= 0.3 is 18.1 Å². The molecule has 3 aromatic heterocycles. The van der Waals surface area contributed by atoms with E-state index in [-0.39, 0.29) is 49.0 Å². The summed E-state index contributed by atoms with van der Waals surface area (Å²) in [5.74, 6) is -0.523. The molecule has 0 fully saturated rings. The Bertz CT molecular complexity index is 1520. The van der Waals surface area contributed by atoms with Crippen LogP contribution in [-0.4, -0.2) is 41.7 Å². The minimum Gasteiger partial charge on any atom is -0.425 e. The Hall–Kier alpha value is -4.13. The summed E-state index contributed by atoms with van der Waals surface area (Å²) in [5.41, 5.74) is 0.374. The Balaban J connectivity index is 1.88. The van der Waals surface area contributed by atoms with Crippen LogP contribution in [0.15, 0.2) is 52.3 Å². The maximum Gasteiger partial charge on any atom is 0.573 e. The number of alkyl halides is 3. The minimum absolute atomic E-state index is 0.0118. The lowest BCUT2D eigenvalue weighted by atomic mass is 10.2. The third-order valence-electron chi connectivity index (χ3n) is 5.26. The molecule has 36 heavy (non-hydrogen) atoms. The minimum atomic E-state index is -4.89. The predicted octanol–water partition coefficient (Wildman–Crippen LogP) is 2.72. The lowest BCUT2D eigenvalue weighted by Gasteiger charge is -2.12. The number of nitrogens with zero attached hydrogens (tertiary/aromatic N) is 5. The van der Waals surface area contributed by atoms with Crippen LogP contribution in [0.25, 0.3) is 11.2 Å². The van der Waals surface area contributed by atoms with Gasteiger partial charge in [-0.05, 0) is 36.6 Å². The number of benzene rings is 1. The second-order valence-corrected chi connectivity index (χ2v) is 8.02. The van der Waals surface area contributed by atoms with Crippen molar-refractivity contribution in [2.24, 2.45) is 7.05 Å². The summed E-state index contributed by atoms with van der Waals surface area (Å²) >= 11 is 0. The molecule has 1 N–H and O–H groups in total. The highest BCUT2D eigenvalue weighted by molar-refractivity contribution is 5.72. The zero-order valence-electron chi connectivity index (χ0n) is 19.3. The molecule has 4 aromatic rings. The van der Waals surface area contributed by atoms with Gasteiger partial charge in [-0.2, -0.15) is 4.98 Å². The normalized spacial score (nSPS) is 11.7. The molecule has 0 unspecified atom stereocenters. The smallest absolute Gasteiger partial charge is 0.425 e. The number of aliphatic hydroxyl groups excluding tert-OH is 1. The number of imidazole rings is 1. The van der Waals surface area contributed by atoms with Gasteiger partial charge in [0.15, 0.2) is 11.2 Å². The van der Waals surface area contributed by atoms with Crippen LogP contribution in [0, 0.1) is 6.92 Å². The second kappa shape index (κ2) is 9.85. The highest BCUT2D eigenvalue weighted by atomic mass is 19.4. The summed E-state index contributed by atoms with van der Waals surface area (Å²) in [4.78, 5) is 34.6. The molecule has 0 saturated heterocycles. The van der Waals surface area contributed by atoms with Crippen molar-refractivity contribution in [2.75, 3.05) is 6.61 Å². The van der Waals surface area contributed by atoms with Gasteiger partial charge in [-0.25, -0.2) is 4.79 Å². The molecule has 0 aliphatic rings. The molecular formula is C23H22F3N5O5. The number of hydrogen-bond acceptors (Lipinski definition) is 7. The Morgan fingerprint density at radius 3 is 2.53 bits per heavy atom. The second-order valence-electron chi connectivity index (χ2n) is 8.02. The highest BCUT2D eigenvalue weighted by Crippen LogP contribution is 2.30. The summed E-state index contributed by atoms with van der Waals surface area (Å²) < 4.78 is 51.3. The van der Waals surface area contributed by atoms with E-state index in [0.717, 1.165) is 22.3 Å². The van der Waals surface area contributed by atoms with E-state index in [9.17, 15) is 27.9 Å².